The number of nitrogens with zero attached hydrogens (tertiary/aromatic N) is 1. The molecule has 0 aromatic heterocycles. The minimum absolute atomic E-state index is 0.0347. The summed E-state index contributed by atoms with van der Waals surface area (Å²) in [4.78, 5) is 22.8. The first-order valence-electron chi connectivity index (χ1n) is 8.72. The third-order valence-electron chi connectivity index (χ3n) is 4.00. The molecular formula is C22H21NO6. The highest BCUT2D eigenvalue weighted by atomic mass is 16.5. The van der Waals surface area contributed by atoms with Crippen LogP contribution in [0, 0.1) is 11.3 Å². The van der Waals surface area contributed by atoms with Gasteiger partial charge in [-0.25, -0.2) is 0 Å². The molecule has 29 heavy (non-hydrogen) atoms. The SMILES string of the molecule is COC(=O)CCC(=O)Oc1ccc(/C=C(\C#N)c2ccc(OC)c(OC)c2)cc1. The third-order valence-corrected chi connectivity index (χ3v) is 4.00. The Hall–Kier alpha value is -3.79. The Morgan fingerprint density at radius 3 is 2.17 bits per heavy atom. The average Bonchev–Trinajstić information content (AvgIpc) is 2.76. The van der Waals surface area contributed by atoms with Gasteiger partial charge in [-0.05, 0) is 47.5 Å². The molecule has 0 N–H and O–H groups in total. The van der Waals surface area contributed by atoms with Gasteiger partial charge in [-0.15, -0.1) is 0 Å². The summed E-state index contributed by atoms with van der Waals surface area (Å²) in [7, 11) is 4.34. The lowest BCUT2D eigenvalue weighted by Crippen LogP contribution is -2.11. The van der Waals surface area contributed by atoms with Gasteiger partial charge in [0.1, 0.15) is 5.75 Å². The van der Waals surface area contributed by atoms with E-state index in [1.807, 2.05) is 0 Å². The van der Waals surface area contributed by atoms with Gasteiger partial charge in [0, 0.05) is 0 Å². The Morgan fingerprint density at radius 1 is 0.931 bits per heavy atom. The van der Waals surface area contributed by atoms with Gasteiger partial charge in [-0.2, -0.15) is 5.26 Å². The van der Waals surface area contributed by atoms with Crippen LogP contribution < -0.4 is 14.2 Å². The normalized spacial score (nSPS) is 10.6. The van der Waals surface area contributed by atoms with Crippen molar-refractivity contribution >= 4 is 23.6 Å². The topological polar surface area (TPSA) is 94.9 Å². The van der Waals surface area contributed by atoms with Crippen molar-refractivity contribution in [2.45, 2.75) is 12.8 Å². The number of esters is 2. The van der Waals surface area contributed by atoms with E-state index in [1.54, 1.807) is 55.7 Å². The lowest BCUT2D eigenvalue weighted by atomic mass is 10.0. The summed E-state index contributed by atoms with van der Waals surface area (Å²) in [5, 5.41) is 9.53. The first kappa shape index (κ1) is 21.5. The fraction of sp³-hybridized carbons (Fsp3) is 0.227. The maximum absolute atomic E-state index is 11.7. The van der Waals surface area contributed by atoms with Gasteiger partial charge in [0.05, 0.1) is 45.8 Å². The zero-order valence-corrected chi connectivity index (χ0v) is 16.4. The largest absolute Gasteiger partial charge is 0.493 e. The second-order valence-corrected chi connectivity index (χ2v) is 5.86. The number of allylic oxidation sites excluding steroid dienone is 1. The second kappa shape index (κ2) is 10.5. The Kier molecular flexibility index (Phi) is 7.80. The fourth-order valence-corrected chi connectivity index (χ4v) is 2.47. The number of methoxy groups -OCH3 is 3. The standard InChI is InChI=1S/C22H21NO6/c1-26-19-9-6-16(13-20(19)27-2)17(14-23)12-15-4-7-18(8-5-15)29-22(25)11-10-21(24)28-3/h4-9,12-13H,10-11H2,1-3H3/b17-12+. The summed E-state index contributed by atoms with van der Waals surface area (Å²) in [6.45, 7) is 0. The smallest absolute Gasteiger partial charge is 0.311 e. The summed E-state index contributed by atoms with van der Waals surface area (Å²) in [6.07, 6.45) is 1.61. The van der Waals surface area contributed by atoms with E-state index in [2.05, 4.69) is 10.8 Å². The number of carbonyl (C=O) groups excluding carboxylic acids is 2. The van der Waals surface area contributed by atoms with Crippen LogP contribution >= 0.6 is 0 Å². The Bertz CT molecular complexity index is 941. The van der Waals surface area contributed by atoms with Crippen LogP contribution in [0.25, 0.3) is 11.6 Å². The van der Waals surface area contributed by atoms with Crippen molar-refractivity contribution < 1.29 is 28.5 Å². The number of hydrogen-bond donors (Lipinski definition) is 0. The van der Waals surface area contributed by atoms with Crippen molar-refractivity contribution in [1.82, 2.24) is 0 Å². The molecule has 0 aliphatic carbocycles. The molecule has 0 amide bonds. The molecule has 0 unspecified atom stereocenters. The van der Waals surface area contributed by atoms with Crippen molar-refractivity contribution in [2.24, 2.45) is 0 Å². The van der Waals surface area contributed by atoms with E-state index in [0.717, 1.165) is 5.56 Å². The fourth-order valence-electron chi connectivity index (χ4n) is 2.47. The van der Waals surface area contributed by atoms with Crippen LogP contribution in [-0.2, 0) is 14.3 Å². The molecule has 150 valence electrons. The van der Waals surface area contributed by atoms with Crippen molar-refractivity contribution in [2.75, 3.05) is 21.3 Å². The minimum atomic E-state index is -0.526. The van der Waals surface area contributed by atoms with E-state index < -0.39 is 11.9 Å². The van der Waals surface area contributed by atoms with Gasteiger partial charge >= 0.3 is 11.9 Å². The maximum atomic E-state index is 11.7. The molecule has 0 spiro atoms. The van der Waals surface area contributed by atoms with Gasteiger partial charge < -0.3 is 18.9 Å². The highest BCUT2D eigenvalue weighted by molar-refractivity contribution is 5.90. The Labute approximate surface area is 169 Å². The summed E-state index contributed by atoms with van der Waals surface area (Å²) >= 11 is 0. The van der Waals surface area contributed by atoms with Crippen LogP contribution in [0.3, 0.4) is 0 Å². The highest BCUT2D eigenvalue weighted by Gasteiger charge is 2.10. The van der Waals surface area contributed by atoms with Gasteiger partial charge in [0.25, 0.3) is 0 Å². The molecule has 2 aromatic rings. The summed E-state index contributed by atoms with van der Waals surface area (Å²) in [5.41, 5.74) is 1.88. The molecule has 2 rings (SSSR count). The van der Waals surface area contributed by atoms with Gasteiger partial charge in [0.2, 0.25) is 0 Å². The predicted molar refractivity (Wildman–Crippen MR) is 106 cm³/mol. The number of hydrogen-bond acceptors (Lipinski definition) is 7. The molecule has 0 saturated carbocycles. The number of nitriles is 1. The Morgan fingerprint density at radius 2 is 1.59 bits per heavy atom. The second-order valence-electron chi connectivity index (χ2n) is 5.86. The van der Waals surface area contributed by atoms with Crippen LogP contribution in [0.5, 0.6) is 17.2 Å². The zero-order chi connectivity index (χ0) is 21.2. The number of benzene rings is 2. The quantitative estimate of drug-likeness (QED) is 0.291. The lowest BCUT2D eigenvalue weighted by molar-refractivity contribution is -0.144. The molecule has 0 saturated heterocycles. The predicted octanol–water partition coefficient (Wildman–Crippen LogP) is 3.63. The van der Waals surface area contributed by atoms with Crippen molar-refractivity contribution in [3.8, 4) is 23.3 Å². The molecule has 0 fully saturated rings. The van der Waals surface area contributed by atoms with Crippen LogP contribution in [0.15, 0.2) is 42.5 Å². The molecule has 7 nitrogen and oxygen atoms in total. The molecule has 0 heterocycles. The molecule has 0 atom stereocenters. The van der Waals surface area contributed by atoms with E-state index in [4.69, 9.17) is 14.2 Å². The first-order chi connectivity index (χ1) is 14.0. The van der Waals surface area contributed by atoms with E-state index in [0.29, 0.717) is 28.4 Å². The molecule has 0 aliphatic heterocycles. The molecule has 0 radical (unpaired) electrons. The van der Waals surface area contributed by atoms with Gasteiger partial charge in [0.15, 0.2) is 11.5 Å². The third kappa shape index (κ3) is 6.11. The van der Waals surface area contributed by atoms with Crippen LogP contribution in [0.2, 0.25) is 0 Å². The monoisotopic (exact) mass is 395 g/mol. The summed E-state index contributed by atoms with van der Waals surface area (Å²) in [5.74, 6) is 0.456. The van der Waals surface area contributed by atoms with Crippen LogP contribution in [0.1, 0.15) is 24.0 Å². The Balaban J connectivity index is 2.12. The lowest BCUT2D eigenvalue weighted by Gasteiger charge is -2.09. The minimum Gasteiger partial charge on any atom is -0.493 e. The highest BCUT2D eigenvalue weighted by Crippen LogP contribution is 2.31. The van der Waals surface area contributed by atoms with Crippen LogP contribution in [0.4, 0.5) is 0 Å². The van der Waals surface area contributed by atoms with Crippen molar-refractivity contribution in [3.05, 3.63) is 53.6 Å². The number of ether oxygens (including phenoxy) is 4. The molecule has 0 bridgehead atoms. The number of carbonyl (C=O) groups is 2. The van der Waals surface area contributed by atoms with E-state index >= 15 is 0 Å². The van der Waals surface area contributed by atoms with Gasteiger partial charge in [-0.3, -0.25) is 9.59 Å². The first-order valence-corrected chi connectivity index (χ1v) is 8.72. The summed E-state index contributed by atoms with van der Waals surface area (Å²) in [6, 6.07) is 14.1. The van der Waals surface area contributed by atoms with E-state index in [-0.39, 0.29) is 12.8 Å². The number of rotatable bonds is 8. The summed E-state index contributed by atoms with van der Waals surface area (Å²) < 4.78 is 20.1. The van der Waals surface area contributed by atoms with Crippen molar-refractivity contribution in [3.63, 3.8) is 0 Å². The van der Waals surface area contributed by atoms with Crippen molar-refractivity contribution in [1.29, 1.82) is 5.26 Å². The molecule has 2 aromatic carbocycles. The molecule has 0 aliphatic rings. The maximum Gasteiger partial charge on any atom is 0.311 e. The van der Waals surface area contributed by atoms with E-state index in [9.17, 15) is 14.9 Å². The molecular weight excluding hydrogens is 374 g/mol. The molecule has 7 heteroatoms. The average molecular weight is 395 g/mol. The van der Waals surface area contributed by atoms with E-state index in [1.165, 1.54) is 14.2 Å². The van der Waals surface area contributed by atoms with Gasteiger partial charge in [-0.1, -0.05) is 12.1 Å². The van der Waals surface area contributed by atoms with Crippen LogP contribution in [-0.4, -0.2) is 33.3 Å². The zero-order valence-electron chi connectivity index (χ0n) is 16.4.